The van der Waals surface area contributed by atoms with E-state index in [0.717, 1.165) is 10.6 Å². The summed E-state index contributed by atoms with van der Waals surface area (Å²) in [6, 6.07) is 7.44. The van der Waals surface area contributed by atoms with Crippen molar-refractivity contribution in [2.45, 2.75) is 6.42 Å². The molecule has 20 heavy (non-hydrogen) atoms. The van der Waals surface area contributed by atoms with Gasteiger partial charge in [-0.2, -0.15) is 0 Å². The van der Waals surface area contributed by atoms with Crippen LogP contribution >= 0.6 is 11.3 Å². The number of carbonyl (C=O) groups excluding carboxylic acids is 1. The van der Waals surface area contributed by atoms with Crippen molar-refractivity contribution in [3.8, 4) is 11.8 Å². The van der Waals surface area contributed by atoms with Gasteiger partial charge in [0.2, 0.25) is 0 Å². The number of hydrogen-bond donors (Lipinski definition) is 2. The second-order valence-electron chi connectivity index (χ2n) is 3.99. The average molecular weight is 286 g/mol. The van der Waals surface area contributed by atoms with Crippen molar-refractivity contribution in [3.63, 3.8) is 0 Å². The van der Waals surface area contributed by atoms with Gasteiger partial charge >= 0.3 is 0 Å². The van der Waals surface area contributed by atoms with Crippen LogP contribution in [0.1, 0.15) is 20.9 Å². The molecular weight excluding hydrogens is 272 g/mol. The molecular formula is C15H14N2O2S. The van der Waals surface area contributed by atoms with Crippen LogP contribution in [0.5, 0.6) is 0 Å². The lowest BCUT2D eigenvalue weighted by molar-refractivity contribution is 0.0954. The summed E-state index contributed by atoms with van der Waals surface area (Å²) in [6.45, 7) is 0.368. The van der Waals surface area contributed by atoms with Gasteiger partial charge in [-0.05, 0) is 18.2 Å². The number of amides is 1. The number of rotatable bonds is 4. The normalized spacial score (nSPS) is 9.65. The molecule has 0 aliphatic carbocycles. The summed E-state index contributed by atoms with van der Waals surface area (Å²) < 4.78 is 0. The highest BCUT2D eigenvalue weighted by molar-refractivity contribution is 7.10. The SMILES string of the molecule is O=C(NCCc1ccccn1)c1csc(C#CCO)c1. The third kappa shape index (κ3) is 4.19. The first-order valence-electron chi connectivity index (χ1n) is 6.16. The Hall–Kier alpha value is -2.16. The van der Waals surface area contributed by atoms with E-state index in [0.29, 0.717) is 18.5 Å². The predicted octanol–water partition coefficient (Wildman–Crippen LogP) is 1.46. The topological polar surface area (TPSA) is 62.2 Å². The number of nitrogens with zero attached hydrogens (tertiary/aromatic N) is 1. The minimum Gasteiger partial charge on any atom is -0.384 e. The third-order valence-electron chi connectivity index (χ3n) is 2.55. The van der Waals surface area contributed by atoms with Gasteiger partial charge in [-0.25, -0.2) is 0 Å². The molecule has 4 nitrogen and oxygen atoms in total. The first kappa shape index (κ1) is 14.3. The molecule has 102 valence electrons. The smallest absolute Gasteiger partial charge is 0.252 e. The highest BCUT2D eigenvalue weighted by Crippen LogP contribution is 2.13. The number of pyridine rings is 1. The van der Waals surface area contributed by atoms with Crippen LogP contribution in [-0.2, 0) is 6.42 Å². The number of carbonyl (C=O) groups is 1. The highest BCUT2D eigenvalue weighted by atomic mass is 32.1. The second kappa shape index (κ2) is 7.43. The number of thiophene rings is 1. The van der Waals surface area contributed by atoms with E-state index in [1.54, 1.807) is 17.6 Å². The van der Waals surface area contributed by atoms with Crippen molar-refractivity contribution in [1.29, 1.82) is 0 Å². The van der Waals surface area contributed by atoms with Crippen molar-refractivity contribution < 1.29 is 9.90 Å². The minimum absolute atomic E-state index is 0.116. The van der Waals surface area contributed by atoms with E-state index < -0.39 is 0 Å². The number of hydrogen-bond acceptors (Lipinski definition) is 4. The van der Waals surface area contributed by atoms with E-state index >= 15 is 0 Å². The maximum absolute atomic E-state index is 11.9. The summed E-state index contributed by atoms with van der Waals surface area (Å²) in [5.41, 5.74) is 1.55. The fourth-order valence-electron chi connectivity index (χ4n) is 1.60. The van der Waals surface area contributed by atoms with Gasteiger partial charge in [0.05, 0.1) is 10.4 Å². The molecule has 0 unspecified atom stereocenters. The van der Waals surface area contributed by atoms with Crippen LogP contribution in [0.2, 0.25) is 0 Å². The monoisotopic (exact) mass is 286 g/mol. The van der Waals surface area contributed by atoms with Crippen molar-refractivity contribution >= 4 is 17.2 Å². The van der Waals surface area contributed by atoms with Crippen molar-refractivity contribution in [2.75, 3.05) is 13.2 Å². The summed E-state index contributed by atoms with van der Waals surface area (Å²) in [7, 11) is 0. The molecule has 0 spiro atoms. The molecule has 0 aliphatic rings. The number of aliphatic hydroxyl groups is 1. The Balaban J connectivity index is 1.84. The number of aliphatic hydroxyl groups excluding tert-OH is 1. The van der Waals surface area contributed by atoms with Gasteiger partial charge in [0.25, 0.3) is 5.91 Å². The van der Waals surface area contributed by atoms with Gasteiger partial charge in [-0.1, -0.05) is 17.9 Å². The maximum atomic E-state index is 11.9. The van der Waals surface area contributed by atoms with Gasteiger partial charge < -0.3 is 10.4 Å². The lowest BCUT2D eigenvalue weighted by Gasteiger charge is -2.03. The Morgan fingerprint density at radius 2 is 2.35 bits per heavy atom. The van der Waals surface area contributed by atoms with E-state index in [9.17, 15) is 4.79 Å². The first-order valence-corrected chi connectivity index (χ1v) is 7.04. The summed E-state index contributed by atoms with van der Waals surface area (Å²) in [4.78, 5) is 16.9. The molecule has 0 fully saturated rings. The Bertz CT molecular complexity index is 626. The molecule has 0 aromatic carbocycles. The Morgan fingerprint density at radius 3 is 3.10 bits per heavy atom. The zero-order valence-corrected chi connectivity index (χ0v) is 11.6. The van der Waals surface area contributed by atoms with Crippen molar-refractivity contribution in [2.24, 2.45) is 0 Å². The lowest BCUT2D eigenvalue weighted by atomic mass is 10.2. The van der Waals surface area contributed by atoms with E-state index in [1.165, 1.54) is 11.3 Å². The maximum Gasteiger partial charge on any atom is 0.252 e. The van der Waals surface area contributed by atoms with Crippen LogP contribution in [0.3, 0.4) is 0 Å². The summed E-state index contributed by atoms with van der Waals surface area (Å²) in [6.07, 6.45) is 2.44. The van der Waals surface area contributed by atoms with Crippen LogP contribution in [0.4, 0.5) is 0 Å². The predicted molar refractivity (Wildman–Crippen MR) is 78.6 cm³/mol. The van der Waals surface area contributed by atoms with Gasteiger partial charge in [0, 0.05) is 30.2 Å². The van der Waals surface area contributed by atoms with E-state index in [2.05, 4.69) is 22.1 Å². The van der Waals surface area contributed by atoms with Gasteiger partial charge in [0.15, 0.2) is 0 Å². The largest absolute Gasteiger partial charge is 0.384 e. The molecule has 0 saturated carbocycles. The molecule has 0 saturated heterocycles. The zero-order chi connectivity index (χ0) is 14.2. The fourth-order valence-corrected chi connectivity index (χ4v) is 2.35. The molecule has 0 bridgehead atoms. The van der Waals surface area contributed by atoms with Gasteiger partial charge in [-0.3, -0.25) is 9.78 Å². The van der Waals surface area contributed by atoms with Crippen LogP contribution in [0.15, 0.2) is 35.8 Å². The Kier molecular flexibility index (Phi) is 5.30. The lowest BCUT2D eigenvalue weighted by Crippen LogP contribution is -2.25. The zero-order valence-electron chi connectivity index (χ0n) is 10.8. The van der Waals surface area contributed by atoms with Gasteiger partial charge in [-0.15, -0.1) is 11.3 Å². The van der Waals surface area contributed by atoms with E-state index in [-0.39, 0.29) is 12.5 Å². The third-order valence-corrected chi connectivity index (χ3v) is 3.39. The van der Waals surface area contributed by atoms with E-state index in [1.807, 2.05) is 18.2 Å². The molecule has 2 aromatic rings. The van der Waals surface area contributed by atoms with Crippen molar-refractivity contribution in [1.82, 2.24) is 10.3 Å². The van der Waals surface area contributed by atoms with Crippen LogP contribution < -0.4 is 5.32 Å². The second-order valence-corrected chi connectivity index (χ2v) is 4.90. The Morgan fingerprint density at radius 1 is 1.45 bits per heavy atom. The number of aromatic nitrogens is 1. The quantitative estimate of drug-likeness (QED) is 0.837. The molecule has 2 aromatic heterocycles. The van der Waals surface area contributed by atoms with Crippen LogP contribution in [-0.4, -0.2) is 29.1 Å². The fraction of sp³-hybridized carbons (Fsp3) is 0.200. The first-order chi connectivity index (χ1) is 9.79. The highest BCUT2D eigenvalue weighted by Gasteiger charge is 2.07. The molecule has 2 heterocycles. The van der Waals surface area contributed by atoms with E-state index in [4.69, 9.17) is 5.11 Å². The van der Waals surface area contributed by atoms with Crippen LogP contribution in [0.25, 0.3) is 0 Å². The van der Waals surface area contributed by atoms with Crippen molar-refractivity contribution in [3.05, 3.63) is 52.0 Å². The minimum atomic E-state index is -0.177. The molecule has 5 heteroatoms. The summed E-state index contributed by atoms with van der Waals surface area (Å²) >= 11 is 1.39. The molecule has 0 atom stereocenters. The average Bonchev–Trinajstić information content (AvgIpc) is 2.95. The Labute approximate surface area is 121 Å². The number of nitrogens with one attached hydrogen (secondary N) is 1. The van der Waals surface area contributed by atoms with Crippen LogP contribution in [0, 0.1) is 11.8 Å². The standard InChI is InChI=1S/C15H14N2O2S/c18-9-3-5-14-10-12(11-20-14)15(19)17-8-6-13-4-1-2-7-16-13/h1-2,4,7,10-11,18H,6,8-9H2,(H,17,19). The molecule has 2 rings (SSSR count). The molecule has 0 radical (unpaired) electrons. The molecule has 2 N–H and O–H groups in total. The van der Waals surface area contributed by atoms with Gasteiger partial charge in [0.1, 0.15) is 6.61 Å². The summed E-state index contributed by atoms with van der Waals surface area (Å²) in [5, 5.41) is 13.2. The molecule has 0 aliphatic heterocycles. The molecule has 1 amide bonds. The summed E-state index contributed by atoms with van der Waals surface area (Å²) in [5.74, 6) is 5.22.